The number of nitrogens with one attached hydrogen (secondary N) is 1. The number of fused-ring (bicyclic) bond motifs is 6. The number of Topliss-reactive ketones (excluding diaryl/α,β-unsaturated/α-hetero) is 1. The van der Waals surface area contributed by atoms with Crippen molar-refractivity contribution in [3.05, 3.63) is 141 Å². The average molecular weight is 1220 g/mol. The Morgan fingerprint density at radius 1 is 0.788 bits per heavy atom. The third kappa shape index (κ3) is 15.6. The SMILES string of the molecule is CC=NCC(=O)C(CCSSC(C)(C)CN(CCOCCOCCOC)c1cc(COc2cc3c(cc2C)C(=O)N2Cc4ccccc4C[C@H]2CN3C)cc(COc2cc3c(cc2OC)C(=O)N2Cc4ccccc4C[C@H]2CN3)c1)S(=O)(=O)OC. The maximum Gasteiger partial charge on any atom is 0.277 e. The summed E-state index contributed by atoms with van der Waals surface area (Å²) in [5.74, 6) is 1.36. The quantitative estimate of drug-likeness (QED) is 0.0206. The summed E-state index contributed by atoms with van der Waals surface area (Å²) in [7, 11) is 5.30. The third-order valence-corrected chi connectivity index (χ3v) is 20.9. The van der Waals surface area contributed by atoms with Crippen LogP contribution in [0.3, 0.4) is 0 Å². The molecule has 0 radical (unpaired) electrons. The molecule has 1 N–H and O–H groups in total. The minimum absolute atomic E-state index is 0.0132. The maximum atomic E-state index is 14.4. The van der Waals surface area contributed by atoms with E-state index in [1.807, 2.05) is 60.2 Å². The van der Waals surface area contributed by atoms with Gasteiger partial charge in [-0.2, -0.15) is 8.42 Å². The molecule has 9 rings (SSSR count). The molecule has 456 valence electrons. The number of aryl methyl sites for hydroxylation is 1. The second-order valence-corrected chi connectivity index (χ2v) is 27.5. The van der Waals surface area contributed by atoms with Crippen molar-refractivity contribution in [3.63, 3.8) is 0 Å². The molecular formula is C64H80N6O12S3. The smallest absolute Gasteiger partial charge is 0.277 e. The first-order valence-electron chi connectivity index (χ1n) is 28.9. The number of rotatable bonds is 29. The maximum absolute atomic E-state index is 14.4. The van der Waals surface area contributed by atoms with Crippen LogP contribution in [0.25, 0.3) is 0 Å². The lowest BCUT2D eigenvalue weighted by Crippen LogP contribution is -2.47. The van der Waals surface area contributed by atoms with E-state index in [9.17, 15) is 22.8 Å². The molecule has 0 aromatic heterocycles. The number of hydrogen-bond donors (Lipinski definition) is 1. The van der Waals surface area contributed by atoms with Crippen molar-refractivity contribution in [1.82, 2.24) is 9.80 Å². The van der Waals surface area contributed by atoms with E-state index in [2.05, 4.69) is 82.5 Å². The number of likely N-dealkylation sites (N-methyl/N-ethyl adjacent to an activating group) is 1. The van der Waals surface area contributed by atoms with Crippen LogP contribution < -0.4 is 29.3 Å². The zero-order chi connectivity index (χ0) is 60.3. The van der Waals surface area contributed by atoms with Gasteiger partial charge in [0.25, 0.3) is 21.9 Å². The van der Waals surface area contributed by atoms with Gasteiger partial charge in [0.15, 0.2) is 17.3 Å². The molecule has 4 aliphatic heterocycles. The van der Waals surface area contributed by atoms with Crippen LogP contribution in [-0.2, 0) is 72.5 Å². The summed E-state index contributed by atoms with van der Waals surface area (Å²) in [6.07, 6.45) is 3.09. The monoisotopic (exact) mass is 1220 g/mol. The Labute approximate surface area is 508 Å². The highest BCUT2D eigenvalue weighted by Crippen LogP contribution is 2.41. The number of amides is 2. The van der Waals surface area contributed by atoms with E-state index >= 15 is 0 Å². The Kier molecular flexibility index (Phi) is 21.5. The van der Waals surface area contributed by atoms with Crippen LogP contribution in [0, 0.1) is 6.92 Å². The Balaban J connectivity index is 0.995. The topological polar surface area (TPSA) is 187 Å². The highest BCUT2D eigenvalue weighted by atomic mass is 33.1. The van der Waals surface area contributed by atoms with E-state index in [-0.39, 0.29) is 50.1 Å². The van der Waals surface area contributed by atoms with Crippen LogP contribution in [0.4, 0.5) is 17.1 Å². The fourth-order valence-electron chi connectivity index (χ4n) is 11.5. The lowest BCUT2D eigenvalue weighted by Gasteiger charge is -2.36. The zero-order valence-electron chi connectivity index (χ0n) is 50.1. The van der Waals surface area contributed by atoms with Crippen molar-refractivity contribution in [2.24, 2.45) is 4.99 Å². The number of carbonyl (C=O) groups is 3. The molecule has 1 unspecified atom stereocenters. The van der Waals surface area contributed by atoms with Crippen LogP contribution >= 0.6 is 21.6 Å². The minimum Gasteiger partial charge on any atom is -0.493 e. The van der Waals surface area contributed by atoms with E-state index in [4.69, 9.17) is 32.6 Å². The number of nitrogens with zero attached hydrogens (tertiary/aromatic N) is 5. The number of carbonyl (C=O) groups excluding carboxylic acids is 3. The summed E-state index contributed by atoms with van der Waals surface area (Å²) in [5.41, 5.74) is 11.0. The largest absolute Gasteiger partial charge is 0.493 e. The summed E-state index contributed by atoms with van der Waals surface area (Å²) in [6, 6.07) is 30.6. The van der Waals surface area contributed by atoms with E-state index in [0.29, 0.717) is 112 Å². The highest BCUT2D eigenvalue weighted by molar-refractivity contribution is 8.77. The number of methoxy groups -OCH3 is 2. The van der Waals surface area contributed by atoms with E-state index < -0.39 is 25.9 Å². The summed E-state index contributed by atoms with van der Waals surface area (Å²) in [6.45, 7) is 13.5. The van der Waals surface area contributed by atoms with Crippen molar-refractivity contribution >= 4 is 72.6 Å². The minimum atomic E-state index is -4.13. The predicted octanol–water partition coefficient (Wildman–Crippen LogP) is 9.21. The molecule has 5 aromatic carbocycles. The van der Waals surface area contributed by atoms with Crippen molar-refractivity contribution in [2.45, 2.75) is 95.3 Å². The van der Waals surface area contributed by atoms with Crippen LogP contribution in [-0.4, -0.2) is 164 Å². The summed E-state index contributed by atoms with van der Waals surface area (Å²) in [5, 5.41) is 2.24. The fourth-order valence-corrected chi connectivity index (χ4v) is 15.3. The number of aliphatic imine (C=N–C) groups is 1. The van der Waals surface area contributed by atoms with E-state index in [0.717, 1.165) is 53.6 Å². The van der Waals surface area contributed by atoms with Gasteiger partial charge in [0.1, 0.15) is 24.2 Å². The molecule has 5 aromatic rings. The van der Waals surface area contributed by atoms with Gasteiger partial charge >= 0.3 is 0 Å². The van der Waals surface area contributed by atoms with Gasteiger partial charge in [-0.25, -0.2) is 0 Å². The summed E-state index contributed by atoms with van der Waals surface area (Å²) < 4.78 is 66.7. The van der Waals surface area contributed by atoms with Crippen LogP contribution in [0.5, 0.6) is 17.2 Å². The lowest BCUT2D eigenvalue weighted by atomic mass is 9.93. The molecule has 18 nitrogen and oxygen atoms in total. The first-order chi connectivity index (χ1) is 41.0. The number of ketones is 1. The Bertz CT molecular complexity index is 3330. The Morgan fingerprint density at radius 2 is 1.41 bits per heavy atom. The molecule has 0 bridgehead atoms. The normalized spacial score (nSPS) is 16.9. The van der Waals surface area contributed by atoms with Crippen molar-refractivity contribution in [3.8, 4) is 17.2 Å². The van der Waals surface area contributed by atoms with Crippen LogP contribution in [0.2, 0.25) is 0 Å². The second-order valence-electron chi connectivity index (χ2n) is 22.5. The van der Waals surface area contributed by atoms with Gasteiger partial charge in [-0.3, -0.25) is 23.6 Å². The lowest BCUT2D eigenvalue weighted by molar-refractivity contribution is -0.117. The number of hydrogen-bond acceptors (Lipinski definition) is 18. The van der Waals surface area contributed by atoms with E-state index in [1.54, 1.807) is 38.0 Å². The van der Waals surface area contributed by atoms with E-state index in [1.165, 1.54) is 33.7 Å². The second kappa shape index (κ2) is 28.9. The van der Waals surface area contributed by atoms with Gasteiger partial charge in [0.05, 0.1) is 88.4 Å². The van der Waals surface area contributed by atoms with Gasteiger partial charge < -0.3 is 53.3 Å². The van der Waals surface area contributed by atoms with Crippen molar-refractivity contribution in [1.29, 1.82) is 0 Å². The highest BCUT2D eigenvalue weighted by Gasteiger charge is 2.38. The van der Waals surface area contributed by atoms with Gasteiger partial charge in [-0.05, 0) is 122 Å². The number of benzene rings is 5. The number of ether oxygens (including phenoxy) is 6. The summed E-state index contributed by atoms with van der Waals surface area (Å²) in [4.78, 5) is 54.2. The van der Waals surface area contributed by atoms with Gasteiger partial charge in [0.2, 0.25) is 0 Å². The fraction of sp³-hybridized carbons (Fsp3) is 0.469. The molecule has 0 spiro atoms. The molecule has 0 saturated heterocycles. The Hall–Kier alpha value is -6.33. The first-order valence-corrected chi connectivity index (χ1v) is 32.7. The van der Waals surface area contributed by atoms with Gasteiger partial charge in [0, 0.05) is 81.7 Å². The molecule has 4 heterocycles. The standard InChI is InChI=1S/C64H80N6O12S3/c1-9-65-36-57(71)61(85(74,75)78-8)18-25-83-84-64(3,4)42-68(19-20-79-23-24-80-22-21-76-6)50-28-44(40-81-58-34-56-54(26-43(58)2)63(73)70-38-49-17-13-11-15-47(49)31-52(70)39-67(56)5)27-45(29-50)41-82-60-33-55-53(32-59(60)77-7)62(72)69-37-48-16-12-10-14-46(48)30-51(69)35-66-55/h9-17,26-29,32-34,51-52,61,66H,18-25,30-31,35-42H2,1-8H3/t51-,52-,61?/m0/s1. The molecule has 0 fully saturated rings. The zero-order valence-corrected chi connectivity index (χ0v) is 52.5. The van der Waals surface area contributed by atoms with Crippen LogP contribution in [0.15, 0.2) is 96.0 Å². The first kappa shape index (κ1) is 63.2. The molecular weight excluding hydrogens is 1140 g/mol. The van der Waals surface area contributed by atoms with Crippen molar-refractivity contribution in [2.75, 3.05) is 115 Å². The van der Waals surface area contributed by atoms with Crippen LogP contribution in [0.1, 0.15) is 86.9 Å². The number of anilines is 3. The molecule has 0 aliphatic carbocycles. The Morgan fingerprint density at radius 3 is 2.07 bits per heavy atom. The molecule has 3 atom stereocenters. The molecule has 2 amide bonds. The summed E-state index contributed by atoms with van der Waals surface area (Å²) >= 11 is 0. The predicted molar refractivity (Wildman–Crippen MR) is 337 cm³/mol. The third-order valence-electron chi connectivity index (χ3n) is 15.9. The molecule has 0 saturated carbocycles. The van der Waals surface area contributed by atoms with Gasteiger partial charge in [-0.15, -0.1) is 0 Å². The average Bonchev–Trinajstić information content (AvgIpc) is 2.46. The molecule has 4 aliphatic rings. The van der Waals surface area contributed by atoms with Gasteiger partial charge in [-0.1, -0.05) is 70.1 Å². The molecule has 21 heteroatoms. The molecule has 85 heavy (non-hydrogen) atoms. The van der Waals surface area contributed by atoms with Crippen molar-refractivity contribution < 1.29 is 55.4 Å².